The van der Waals surface area contributed by atoms with Gasteiger partial charge in [0.2, 0.25) is 15.9 Å². The Morgan fingerprint density at radius 1 is 1.14 bits per heavy atom. The minimum atomic E-state index is -3.68. The lowest BCUT2D eigenvalue weighted by atomic mass is 10.2. The fourth-order valence-corrected chi connectivity index (χ4v) is 4.07. The number of ether oxygens (including phenoxy) is 1. The zero-order valence-corrected chi connectivity index (χ0v) is 17.9. The Morgan fingerprint density at radius 3 is 2.32 bits per heavy atom. The van der Waals surface area contributed by atoms with E-state index in [4.69, 9.17) is 16.3 Å². The highest BCUT2D eigenvalue weighted by molar-refractivity contribution is 7.92. The largest absolute Gasteiger partial charge is 0.491 e. The van der Waals surface area contributed by atoms with Gasteiger partial charge in [-0.1, -0.05) is 29.8 Å². The monoisotopic (exact) mass is 424 g/mol. The van der Waals surface area contributed by atoms with Crippen molar-refractivity contribution >= 4 is 33.2 Å². The molecule has 2 rings (SSSR count). The van der Waals surface area contributed by atoms with Crippen molar-refractivity contribution in [3.05, 3.63) is 59.1 Å². The van der Waals surface area contributed by atoms with Gasteiger partial charge in [0, 0.05) is 11.6 Å². The highest BCUT2D eigenvalue weighted by Gasteiger charge is 2.29. The van der Waals surface area contributed by atoms with Crippen LogP contribution in [0.2, 0.25) is 5.02 Å². The maximum atomic E-state index is 12.6. The molecule has 8 heteroatoms. The molecule has 0 heterocycles. The highest BCUT2D eigenvalue weighted by atomic mass is 35.5. The summed E-state index contributed by atoms with van der Waals surface area (Å²) >= 11 is 5.98. The van der Waals surface area contributed by atoms with Gasteiger partial charge in [-0.15, -0.1) is 0 Å². The molecule has 1 amide bonds. The lowest BCUT2D eigenvalue weighted by molar-refractivity contribution is -0.122. The Morgan fingerprint density at radius 2 is 1.79 bits per heavy atom. The van der Waals surface area contributed by atoms with Crippen LogP contribution in [0.4, 0.5) is 5.69 Å². The lowest BCUT2D eigenvalue weighted by Crippen LogP contribution is -2.47. The van der Waals surface area contributed by atoms with Crippen molar-refractivity contribution in [3.8, 4) is 5.75 Å². The van der Waals surface area contributed by atoms with Crippen molar-refractivity contribution in [1.82, 2.24) is 5.32 Å². The molecular formula is C20H25ClN2O4S. The minimum absolute atomic E-state index is 0.0832. The van der Waals surface area contributed by atoms with Gasteiger partial charge >= 0.3 is 0 Å². The van der Waals surface area contributed by atoms with E-state index in [-0.39, 0.29) is 12.6 Å². The summed E-state index contributed by atoms with van der Waals surface area (Å²) in [5.41, 5.74) is 1.22. The smallest absolute Gasteiger partial charge is 0.243 e. The molecule has 0 fully saturated rings. The Labute approximate surface area is 171 Å². The van der Waals surface area contributed by atoms with Gasteiger partial charge < -0.3 is 10.1 Å². The summed E-state index contributed by atoms with van der Waals surface area (Å²) in [4.78, 5) is 12.6. The quantitative estimate of drug-likeness (QED) is 0.702. The van der Waals surface area contributed by atoms with Crippen LogP contribution < -0.4 is 14.4 Å². The minimum Gasteiger partial charge on any atom is -0.491 e. The Hall–Kier alpha value is -2.25. The zero-order valence-electron chi connectivity index (χ0n) is 16.3. The van der Waals surface area contributed by atoms with Crippen LogP contribution in [0.3, 0.4) is 0 Å². The number of rotatable bonds is 8. The van der Waals surface area contributed by atoms with Crippen LogP contribution in [0.15, 0.2) is 48.5 Å². The number of sulfonamides is 1. The molecule has 0 saturated carbocycles. The lowest BCUT2D eigenvalue weighted by Gasteiger charge is -2.28. The molecule has 0 radical (unpaired) electrons. The van der Waals surface area contributed by atoms with Gasteiger partial charge in [0.05, 0.1) is 18.0 Å². The SMILES string of the molecule is CC(C)Oc1ccc(CNC(=O)[C@@H](C)N(c2cccc(Cl)c2)S(C)(=O)=O)cc1. The Kier molecular flexibility index (Phi) is 7.32. The first-order valence-corrected chi connectivity index (χ1v) is 11.1. The average Bonchev–Trinajstić information content (AvgIpc) is 2.59. The number of halogens is 1. The number of nitrogens with one attached hydrogen (secondary N) is 1. The number of hydrogen-bond donors (Lipinski definition) is 1. The van der Waals surface area contributed by atoms with Crippen molar-refractivity contribution in [2.45, 2.75) is 39.5 Å². The summed E-state index contributed by atoms with van der Waals surface area (Å²) in [5, 5.41) is 3.17. The third kappa shape index (κ3) is 6.14. The summed E-state index contributed by atoms with van der Waals surface area (Å²) < 4.78 is 31.2. The molecule has 1 N–H and O–H groups in total. The molecule has 2 aromatic carbocycles. The molecular weight excluding hydrogens is 400 g/mol. The second-order valence-corrected chi connectivity index (χ2v) is 9.04. The standard InChI is InChI=1S/C20H25ClN2O4S/c1-14(2)27-19-10-8-16(9-11-19)13-22-20(24)15(3)23(28(4,25)26)18-7-5-6-17(21)12-18/h5-12,14-15H,13H2,1-4H3,(H,22,24)/t15-/m1/s1. The molecule has 0 aliphatic carbocycles. The first kappa shape index (κ1) is 22.0. The Bertz CT molecular complexity index is 914. The number of carbonyl (C=O) groups is 1. The maximum absolute atomic E-state index is 12.6. The number of amides is 1. The topological polar surface area (TPSA) is 75.7 Å². The van der Waals surface area contributed by atoms with Crippen molar-refractivity contribution in [1.29, 1.82) is 0 Å². The van der Waals surface area contributed by atoms with Crippen LogP contribution in [-0.2, 0) is 21.4 Å². The van der Waals surface area contributed by atoms with Gasteiger partial charge in [-0.3, -0.25) is 9.10 Å². The normalized spacial score (nSPS) is 12.5. The van der Waals surface area contributed by atoms with Crippen LogP contribution >= 0.6 is 11.6 Å². The van der Waals surface area contributed by atoms with E-state index in [0.717, 1.165) is 21.9 Å². The van der Waals surface area contributed by atoms with E-state index >= 15 is 0 Å². The van der Waals surface area contributed by atoms with Gasteiger partial charge in [-0.05, 0) is 56.7 Å². The van der Waals surface area contributed by atoms with Crippen LogP contribution in [-0.4, -0.2) is 32.7 Å². The summed E-state index contributed by atoms with van der Waals surface area (Å²) in [6.45, 7) is 5.71. The zero-order chi connectivity index (χ0) is 20.9. The third-order valence-corrected chi connectivity index (χ3v) is 5.39. The van der Waals surface area contributed by atoms with E-state index in [1.165, 1.54) is 13.0 Å². The van der Waals surface area contributed by atoms with Crippen molar-refractivity contribution in [3.63, 3.8) is 0 Å². The van der Waals surface area contributed by atoms with Gasteiger partial charge in [0.15, 0.2) is 0 Å². The van der Waals surface area contributed by atoms with Gasteiger partial charge in [-0.25, -0.2) is 8.42 Å². The fraction of sp³-hybridized carbons (Fsp3) is 0.350. The number of nitrogens with zero attached hydrogens (tertiary/aromatic N) is 1. The van der Waals surface area contributed by atoms with E-state index in [0.29, 0.717) is 10.7 Å². The molecule has 0 spiro atoms. The predicted molar refractivity (Wildman–Crippen MR) is 112 cm³/mol. The van der Waals surface area contributed by atoms with Gasteiger partial charge in [0.25, 0.3) is 0 Å². The molecule has 0 aromatic heterocycles. The predicted octanol–water partition coefficient (Wildman–Crippen LogP) is 3.60. The molecule has 28 heavy (non-hydrogen) atoms. The molecule has 1 atom stereocenters. The van der Waals surface area contributed by atoms with Gasteiger partial charge in [-0.2, -0.15) is 0 Å². The molecule has 2 aromatic rings. The summed E-state index contributed by atoms with van der Waals surface area (Å²) in [5.74, 6) is 0.343. The van der Waals surface area contributed by atoms with E-state index in [2.05, 4.69) is 5.32 Å². The summed E-state index contributed by atoms with van der Waals surface area (Å²) in [7, 11) is -3.68. The maximum Gasteiger partial charge on any atom is 0.243 e. The highest BCUT2D eigenvalue weighted by Crippen LogP contribution is 2.24. The van der Waals surface area contributed by atoms with E-state index in [1.54, 1.807) is 18.2 Å². The number of anilines is 1. The summed E-state index contributed by atoms with van der Waals surface area (Å²) in [6, 6.07) is 12.8. The second kappa shape index (κ2) is 9.30. The molecule has 6 nitrogen and oxygen atoms in total. The molecule has 0 unspecified atom stereocenters. The number of carbonyl (C=O) groups excluding carboxylic acids is 1. The van der Waals surface area contributed by atoms with Crippen LogP contribution in [0, 0.1) is 0 Å². The molecule has 0 bridgehead atoms. The van der Waals surface area contributed by atoms with Crippen molar-refractivity contribution in [2.75, 3.05) is 10.6 Å². The van der Waals surface area contributed by atoms with Crippen molar-refractivity contribution < 1.29 is 17.9 Å². The third-order valence-electron chi connectivity index (χ3n) is 3.91. The Balaban J connectivity index is 2.09. The fourth-order valence-electron chi connectivity index (χ4n) is 2.72. The number of benzene rings is 2. The van der Waals surface area contributed by atoms with E-state index in [1.807, 2.05) is 38.1 Å². The number of hydrogen-bond acceptors (Lipinski definition) is 4. The molecule has 0 saturated heterocycles. The van der Waals surface area contributed by atoms with Gasteiger partial charge in [0.1, 0.15) is 11.8 Å². The molecule has 152 valence electrons. The first-order valence-electron chi connectivity index (χ1n) is 8.86. The van der Waals surface area contributed by atoms with E-state index < -0.39 is 22.0 Å². The molecule has 0 aliphatic rings. The average molecular weight is 425 g/mol. The first-order chi connectivity index (χ1) is 13.1. The van der Waals surface area contributed by atoms with Crippen LogP contribution in [0.5, 0.6) is 5.75 Å². The second-order valence-electron chi connectivity index (χ2n) is 6.74. The molecule has 0 aliphatic heterocycles. The van der Waals surface area contributed by atoms with E-state index in [9.17, 15) is 13.2 Å². The van der Waals surface area contributed by atoms with Crippen molar-refractivity contribution in [2.24, 2.45) is 0 Å². The van der Waals surface area contributed by atoms with Crippen LogP contribution in [0.1, 0.15) is 26.3 Å². The summed E-state index contributed by atoms with van der Waals surface area (Å²) in [6.07, 6.45) is 1.14. The van der Waals surface area contributed by atoms with Crippen LogP contribution in [0.25, 0.3) is 0 Å².